The fourth-order valence-electron chi connectivity index (χ4n) is 1.73. The molecule has 1 amide bonds. The van der Waals surface area contributed by atoms with Crippen molar-refractivity contribution >= 4 is 17.9 Å². The summed E-state index contributed by atoms with van der Waals surface area (Å²) in [6.07, 6.45) is 2.15. The average Bonchev–Trinajstić information content (AvgIpc) is 2.69. The molecule has 3 nitrogen and oxygen atoms in total. The molecule has 4 heteroatoms. The standard InChI is InChI=1S/C13H15NO2S/c1-2-6-11-12(16-13(15)14-11)9-17-10-7-4-3-5-8-10/h2-5,7-8,11-12H,1,6,9H2,(H,14,15)/t11-,12+/m0/s1. The Labute approximate surface area is 105 Å². The maximum atomic E-state index is 11.2. The number of hydrogen-bond acceptors (Lipinski definition) is 3. The first-order chi connectivity index (χ1) is 8.29. The lowest BCUT2D eigenvalue weighted by atomic mass is 10.1. The summed E-state index contributed by atoms with van der Waals surface area (Å²) in [7, 11) is 0. The number of hydrogen-bond donors (Lipinski definition) is 1. The van der Waals surface area contributed by atoms with Gasteiger partial charge in [0.15, 0.2) is 0 Å². The van der Waals surface area contributed by atoms with Crippen molar-refractivity contribution < 1.29 is 9.53 Å². The van der Waals surface area contributed by atoms with Crippen LogP contribution < -0.4 is 5.32 Å². The van der Waals surface area contributed by atoms with E-state index in [-0.39, 0.29) is 18.2 Å². The lowest BCUT2D eigenvalue weighted by molar-refractivity contribution is 0.143. The molecule has 0 saturated carbocycles. The molecule has 90 valence electrons. The van der Waals surface area contributed by atoms with Crippen LogP contribution in [0.15, 0.2) is 47.9 Å². The number of amides is 1. The van der Waals surface area contributed by atoms with Gasteiger partial charge in [0.2, 0.25) is 0 Å². The number of carbonyl (C=O) groups is 1. The van der Waals surface area contributed by atoms with Crippen molar-refractivity contribution in [1.82, 2.24) is 5.32 Å². The summed E-state index contributed by atoms with van der Waals surface area (Å²) in [5, 5.41) is 2.80. The van der Waals surface area contributed by atoms with Gasteiger partial charge in [-0.25, -0.2) is 4.79 Å². The molecule has 0 unspecified atom stereocenters. The van der Waals surface area contributed by atoms with E-state index in [1.54, 1.807) is 17.8 Å². The largest absolute Gasteiger partial charge is 0.443 e. The number of rotatable bonds is 5. The fraction of sp³-hybridized carbons (Fsp3) is 0.308. The molecule has 2 atom stereocenters. The van der Waals surface area contributed by atoms with Gasteiger partial charge in [-0.2, -0.15) is 0 Å². The summed E-state index contributed by atoms with van der Waals surface area (Å²) >= 11 is 1.70. The van der Waals surface area contributed by atoms with Crippen molar-refractivity contribution in [3.05, 3.63) is 43.0 Å². The minimum absolute atomic E-state index is 0.0520. The van der Waals surface area contributed by atoms with Crippen LogP contribution in [0.25, 0.3) is 0 Å². The molecule has 1 heterocycles. The molecule has 0 bridgehead atoms. The van der Waals surface area contributed by atoms with Crippen LogP contribution in [-0.2, 0) is 4.74 Å². The van der Waals surface area contributed by atoms with E-state index >= 15 is 0 Å². The summed E-state index contributed by atoms with van der Waals surface area (Å²) < 4.78 is 5.23. The van der Waals surface area contributed by atoms with Gasteiger partial charge in [-0.05, 0) is 18.6 Å². The van der Waals surface area contributed by atoms with Crippen LogP contribution in [0.1, 0.15) is 6.42 Å². The van der Waals surface area contributed by atoms with Gasteiger partial charge >= 0.3 is 6.09 Å². The molecule has 1 aliphatic rings. The molecule has 0 spiro atoms. The highest BCUT2D eigenvalue weighted by molar-refractivity contribution is 7.99. The number of benzene rings is 1. The van der Waals surface area contributed by atoms with Gasteiger partial charge in [0.1, 0.15) is 6.10 Å². The zero-order valence-corrected chi connectivity index (χ0v) is 10.3. The first-order valence-electron chi connectivity index (χ1n) is 5.55. The SMILES string of the molecule is C=CC[C@@H]1NC(=O)O[C@@H]1CSc1ccccc1. The van der Waals surface area contributed by atoms with Gasteiger partial charge in [-0.1, -0.05) is 24.3 Å². The van der Waals surface area contributed by atoms with Crippen LogP contribution in [0.3, 0.4) is 0 Å². The quantitative estimate of drug-likeness (QED) is 0.644. The van der Waals surface area contributed by atoms with E-state index in [2.05, 4.69) is 24.0 Å². The Kier molecular flexibility index (Phi) is 4.09. The zero-order valence-electron chi connectivity index (χ0n) is 9.46. The van der Waals surface area contributed by atoms with E-state index < -0.39 is 0 Å². The Morgan fingerprint density at radius 2 is 2.18 bits per heavy atom. The Morgan fingerprint density at radius 3 is 2.88 bits per heavy atom. The number of alkyl carbamates (subject to hydrolysis) is 1. The molecular weight excluding hydrogens is 234 g/mol. The van der Waals surface area contributed by atoms with Crippen molar-refractivity contribution in [2.45, 2.75) is 23.5 Å². The van der Waals surface area contributed by atoms with Gasteiger partial charge in [0, 0.05) is 10.6 Å². The number of thioether (sulfide) groups is 1. The molecule has 1 aromatic rings. The molecule has 2 rings (SSSR count). The highest BCUT2D eigenvalue weighted by atomic mass is 32.2. The summed E-state index contributed by atoms with van der Waals surface area (Å²) in [5.41, 5.74) is 0. The third-order valence-corrected chi connectivity index (χ3v) is 3.69. The molecule has 1 N–H and O–H groups in total. The summed E-state index contributed by atoms with van der Waals surface area (Å²) in [6.45, 7) is 3.69. The first-order valence-corrected chi connectivity index (χ1v) is 6.54. The van der Waals surface area contributed by atoms with Crippen LogP contribution in [0.2, 0.25) is 0 Å². The summed E-state index contributed by atoms with van der Waals surface area (Å²) in [5.74, 6) is 0.765. The van der Waals surface area contributed by atoms with Crippen molar-refractivity contribution in [1.29, 1.82) is 0 Å². The Bertz CT molecular complexity index is 394. The molecule has 1 fully saturated rings. The smallest absolute Gasteiger partial charge is 0.407 e. The number of ether oxygens (including phenoxy) is 1. The second kappa shape index (κ2) is 5.77. The number of carbonyl (C=O) groups excluding carboxylic acids is 1. The molecule has 0 aromatic heterocycles. The molecule has 17 heavy (non-hydrogen) atoms. The van der Waals surface area contributed by atoms with Crippen molar-refractivity contribution in [2.75, 3.05) is 5.75 Å². The van der Waals surface area contributed by atoms with Crippen molar-refractivity contribution in [3.63, 3.8) is 0 Å². The van der Waals surface area contributed by atoms with Gasteiger partial charge in [0.25, 0.3) is 0 Å². The number of cyclic esters (lactones) is 1. The summed E-state index contributed by atoms with van der Waals surface area (Å²) in [6, 6.07) is 10.2. The molecule has 0 aliphatic carbocycles. The number of nitrogens with one attached hydrogen (secondary N) is 1. The van der Waals surface area contributed by atoms with E-state index in [1.165, 1.54) is 4.90 Å². The van der Waals surface area contributed by atoms with Crippen LogP contribution >= 0.6 is 11.8 Å². The van der Waals surface area contributed by atoms with E-state index in [0.29, 0.717) is 0 Å². The van der Waals surface area contributed by atoms with Gasteiger partial charge < -0.3 is 10.1 Å². The minimum atomic E-state index is -0.324. The second-order valence-electron chi connectivity index (χ2n) is 3.84. The Morgan fingerprint density at radius 1 is 1.41 bits per heavy atom. The monoisotopic (exact) mass is 249 g/mol. The zero-order chi connectivity index (χ0) is 12.1. The Hall–Kier alpha value is -1.42. The van der Waals surface area contributed by atoms with Crippen LogP contribution in [0.5, 0.6) is 0 Å². The summed E-state index contributed by atoms with van der Waals surface area (Å²) in [4.78, 5) is 12.4. The third-order valence-electron chi connectivity index (χ3n) is 2.59. The van der Waals surface area contributed by atoms with E-state index in [9.17, 15) is 4.79 Å². The Balaban J connectivity index is 1.89. The molecule has 1 aliphatic heterocycles. The molecule has 1 saturated heterocycles. The predicted molar refractivity (Wildman–Crippen MR) is 69.2 cm³/mol. The van der Waals surface area contributed by atoms with Gasteiger partial charge in [-0.15, -0.1) is 18.3 Å². The van der Waals surface area contributed by atoms with Crippen LogP contribution in [0.4, 0.5) is 4.79 Å². The predicted octanol–water partition coefficient (Wildman–Crippen LogP) is 2.83. The second-order valence-corrected chi connectivity index (χ2v) is 4.94. The maximum Gasteiger partial charge on any atom is 0.407 e. The fourth-order valence-corrected chi connectivity index (χ4v) is 2.74. The minimum Gasteiger partial charge on any atom is -0.443 e. The van der Waals surface area contributed by atoms with E-state index in [0.717, 1.165) is 12.2 Å². The normalized spacial score (nSPS) is 22.9. The van der Waals surface area contributed by atoms with E-state index in [4.69, 9.17) is 4.74 Å². The van der Waals surface area contributed by atoms with E-state index in [1.807, 2.05) is 18.2 Å². The van der Waals surface area contributed by atoms with Gasteiger partial charge in [0.05, 0.1) is 6.04 Å². The molecule has 1 aromatic carbocycles. The van der Waals surface area contributed by atoms with Crippen molar-refractivity contribution in [2.24, 2.45) is 0 Å². The highest BCUT2D eigenvalue weighted by Gasteiger charge is 2.32. The van der Waals surface area contributed by atoms with Crippen LogP contribution in [0, 0.1) is 0 Å². The molecular formula is C13H15NO2S. The molecule has 0 radical (unpaired) electrons. The van der Waals surface area contributed by atoms with Crippen molar-refractivity contribution in [3.8, 4) is 0 Å². The highest BCUT2D eigenvalue weighted by Crippen LogP contribution is 2.23. The lowest BCUT2D eigenvalue weighted by Crippen LogP contribution is -2.32. The van der Waals surface area contributed by atoms with Gasteiger partial charge in [-0.3, -0.25) is 0 Å². The maximum absolute atomic E-state index is 11.2. The topological polar surface area (TPSA) is 38.3 Å². The lowest BCUT2D eigenvalue weighted by Gasteiger charge is -2.14. The van der Waals surface area contributed by atoms with Crippen LogP contribution in [-0.4, -0.2) is 24.0 Å². The first kappa shape index (κ1) is 12.0. The third kappa shape index (κ3) is 3.27. The average molecular weight is 249 g/mol.